The van der Waals surface area contributed by atoms with Gasteiger partial charge in [0.15, 0.2) is 0 Å². The van der Waals surface area contributed by atoms with E-state index in [9.17, 15) is 4.79 Å². The van der Waals surface area contributed by atoms with Crippen LogP contribution in [0, 0.1) is 0 Å². The number of amides is 1. The lowest BCUT2D eigenvalue weighted by atomic mass is 10.0. The minimum absolute atomic E-state index is 0.0667. The van der Waals surface area contributed by atoms with Gasteiger partial charge in [0.1, 0.15) is 0 Å². The van der Waals surface area contributed by atoms with Crippen LogP contribution in [0.1, 0.15) is 35.8 Å². The predicted octanol–water partition coefficient (Wildman–Crippen LogP) is 4.66. The van der Waals surface area contributed by atoms with E-state index >= 15 is 0 Å². The number of fused-ring (bicyclic) bond motifs is 3. The van der Waals surface area contributed by atoms with Crippen molar-refractivity contribution in [3.8, 4) is 5.69 Å². The van der Waals surface area contributed by atoms with Gasteiger partial charge in [0.05, 0.1) is 34.2 Å². The van der Waals surface area contributed by atoms with Crippen molar-refractivity contribution in [2.45, 2.75) is 26.3 Å². The van der Waals surface area contributed by atoms with Crippen LogP contribution in [-0.4, -0.2) is 31.8 Å². The molecule has 146 valence electrons. The SMILES string of the molecule is CC(C)c1c(C(=O)N2CCn3c2nc2ccccc23)cnn1-c1ccc(Cl)cc1. The Labute approximate surface area is 173 Å². The van der Waals surface area contributed by atoms with Crippen molar-refractivity contribution >= 4 is 34.5 Å². The minimum atomic E-state index is -0.0667. The third-order valence-electron chi connectivity index (χ3n) is 5.32. The molecule has 0 bridgehead atoms. The molecule has 4 aromatic rings. The average Bonchev–Trinajstić information content (AvgIpc) is 3.41. The van der Waals surface area contributed by atoms with Crippen LogP contribution in [0.2, 0.25) is 5.02 Å². The molecular weight excluding hydrogens is 386 g/mol. The van der Waals surface area contributed by atoms with Gasteiger partial charge >= 0.3 is 0 Å². The fraction of sp³-hybridized carbons (Fsp3) is 0.227. The first-order valence-corrected chi connectivity index (χ1v) is 10.0. The smallest absolute Gasteiger partial charge is 0.264 e. The molecule has 0 aliphatic carbocycles. The third-order valence-corrected chi connectivity index (χ3v) is 5.58. The van der Waals surface area contributed by atoms with E-state index in [1.54, 1.807) is 11.1 Å². The van der Waals surface area contributed by atoms with E-state index < -0.39 is 0 Å². The fourth-order valence-electron chi connectivity index (χ4n) is 3.99. The molecule has 0 spiro atoms. The van der Waals surface area contributed by atoms with Crippen molar-refractivity contribution in [3.05, 3.63) is 71.0 Å². The van der Waals surface area contributed by atoms with E-state index in [-0.39, 0.29) is 11.8 Å². The number of anilines is 1. The van der Waals surface area contributed by atoms with Crippen LogP contribution < -0.4 is 4.90 Å². The van der Waals surface area contributed by atoms with E-state index in [2.05, 4.69) is 23.5 Å². The van der Waals surface area contributed by atoms with Crippen molar-refractivity contribution in [2.75, 3.05) is 11.4 Å². The summed E-state index contributed by atoms with van der Waals surface area (Å²) in [6.07, 6.45) is 1.66. The number of nitrogens with zero attached hydrogens (tertiary/aromatic N) is 5. The molecule has 0 atom stereocenters. The lowest BCUT2D eigenvalue weighted by Crippen LogP contribution is -2.30. The number of rotatable bonds is 3. The van der Waals surface area contributed by atoms with Gasteiger partial charge in [0.2, 0.25) is 5.95 Å². The summed E-state index contributed by atoms with van der Waals surface area (Å²) in [6, 6.07) is 15.4. The van der Waals surface area contributed by atoms with Gasteiger partial charge in [-0.05, 0) is 42.3 Å². The number of hydrogen-bond donors (Lipinski definition) is 0. The number of carbonyl (C=O) groups is 1. The highest BCUT2D eigenvalue weighted by atomic mass is 35.5. The molecule has 0 radical (unpaired) electrons. The maximum absolute atomic E-state index is 13.5. The first-order chi connectivity index (χ1) is 14.0. The fourth-order valence-corrected chi connectivity index (χ4v) is 4.12. The van der Waals surface area contributed by atoms with E-state index in [0.717, 1.165) is 29.0 Å². The zero-order valence-electron chi connectivity index (χ0n) is 16.2. The molecule has 5 rings (SSSR count). The Hall–Kier alpha value is -3.12. The van der Waals surface area contributed by atoms with Crippen molar-refractivity contribution in [2.24, 2.45) is 0 Å². The van der Waals surface area contributed by atoms with Crippen LogP contribution in [0.25, 0.3) is 16.7 Å². The van der Waals surface area contributed by atoms with E-state index in [1.165, 1.54) is 0 Å². The van der Waals surface area contributed by atoms with Crippen molar-refractivity contribution in [1.82, 2.24) is 19.3 Å². The molecule has 1 amide bonds. The lowest BCUT2D eigenvalue weighted by molar-refractivity contribution is 0.0987. The third kappa shape index (κ3) is 2.83. The van der Waals surface area contributed by atoms with Gasteiger partial charge in [0, 0.05) is 18.1 Å². The number of carbonyl (C=O) groups excluding carboxylic acids is 1. The molecule has 6 nitrogen and oxygen atoms in total. The summed E-state index contributed by atoms with van der Waals surface area (Å²) in [5.74, 6) is 0.752. The van der Waals surface area contributed by atoms with E-state index in [4.69, 9.17) is 16.6 Å². The van der Waals surface area contributed by atoms with Crippen LogP contribution in [0.15, 0.2) is 54.7 Å². The molecule has 0 N–H and O–H groups in total. The molecule has 0 saturated carbocycles. The molecule has 0 fully saturated rings. The van der Waals surface area contributed by atoms with Crippen molar-refractivity contribution in [3.63, 3.8) is 0 Å². The lowest BCUT2D eigenvalue weighted by Gasteiger charge is -2.17. The summed E-state index contributed by atoms with van der Waals surface area (Å²) >= 11 is 6.02. The predicted molar refractivity (Wildman–Crippen MR) is 114 cm³/mol. The van der Waals surface area contributed by atoms with Crippen LogP contribution in [0.4, 0.5) is 5.95 Å². The summed E-state index contributed by atoms with van der Waals surface area (Å²) in [4.78, 5) is 20.0. The summed E-state index contributed by atoms with van der Waals surface area (Å²) in [6.45, 7) is 5.48. The average molecular weight is 406 g/mol. The first kappa shape index (κ1) is 17.9. The largest absolute Gasteiger partial charge is 0.308 e. The highest BCUT2D eigenvalue weighted by Crippen LogP contribution is 2.31. The summed E-state index contributed by atoms with van der Waals surface area (Å²) in [5, 5.41) is 5.19. The maximum Gasteiger partial charge on any atom is 0.264 e. The molecule has 2 aromatic heterocycles. The number of halogens is 1. The Balaban J connectivity index is 1.57. The Morgan fingerprint density at radius 3 is 2.59 bits per heavy atom. The van der Waals surface area contributed by atoms with Crippen LogP contribution in [-0.2, 0) is 6.54 Å². The Bertz CT molecular complexity index is 1220. The highest BCUT2D eigenvalue weighted by Gasteiger charge is 2.32. The second-order valence-electron chi connectivity index (χ2n) is 7.50. The second-order valence-corrected chi connectivity index (χ2v) is 7.93. The van der Waals surface area contributed by atoms with Gasteiger partial charge in [-0.2, -0.15) is 5.10 Å². The minimum Gasteiger partial charge on any atom is -0.308 e. The number of benzene rings is 2. The van der Waals surface area contributed by atoms with Crippen LogP contribution >= 0.6 is 11.6 Å². The van der Waals surface area contributed by atoms with Gasteiger partial charge in [-0.1, -0.05) is 37.6 Å². The van der Waals surface area contributed by atoms with Gasteiger partial charge in [0.25, 0.3) is 5.91 Å². The molecule has 3 heterocycles. The topological polar surface area (TPSA) is 56.0 Å². The summed E-state index contributed by atoms with van der Waals surface area (Å²) in [7, 11) is 0. The van der Waals surface area contributed by atoms with E-state index in [1.807, 2.05) is 53.2 Å². The number of para-hydroxylation sites is 2. The van der Waals surface area contributed by atoms with E-state index in [0.29, 0.717) is 23.1 Å². The summed E-state index contributed by atoms with van der Waals surface area (Å²) in [5.41, 5.74) is 4.33. The second kappa shape index (κ2) is 6.74. The van der Waals surface area contributed by atoms with Crippen LogP contribution in [0.5, 0.6) is 0 Å². The number of aromatic nitrogens is 4. The zero-order chi connectivity index (χ0) is 20.1. The number of imidazole rings is 1. The molecule has 29 heavy (non-hydrogen) atoms. The zero-order valence-corrected chi connectivity index (χ0v) is 17.0. The normalized spacial score (nSPS) is 13.4. The molecule has 2 aromatic carbocycles. The molecule has 1 aliphatic rings. The number of hydrogen-bond acceptors (Lipinski definition) is 3. The monoisotopic (exact) mass is 405 g/mol. The Morgan fingerprint density at radius 2 is 1.83 bits per heavy atom. The summed E-state index contributed by atoms with van der Waals surface area (Å²) < 4.78 is 3.93. The molecule has 0 unspecified atom stereocenters. The molecule has 1 aliphatic heterocycles. The van der Waals surface area contributed by atoms with Crippen molar-refractivity contribution < 1.29 is 4.79 Å². The van der Waals surface area contributed by atoms with Gasteiger partial charge in [-0.15, -0.1) is 0 Å². The first-order valence-electron chi connectivity index (χ1n) is 9.65. The Morgan fingerprint density at radius 1 is 1.07 bits per heavy atom. The van der Waals surface area contributed by atoms with Gasteiger partial charge < -0.3 is 4.57 Å². The standard InChI is InChI=1S/C22H20ClN5O/c1-14(2)20-17(13-24-28(20)16-9-7-15(23)8-10-16)21(29)27-12-11-26-19-6-4-3-5-18(19)25-22(26)27/h3-10,13-14H,11-12H2,1-2H3. The van der Waals surface area contributed by atoms with Gasteiger partial charge in [-0.25, -0.2) is 9.67 Å². The van der Waals surface area contributed by atoms with Crippen molar-refractivity contribution in [1.29, 1.82) is 0 Å². The van der Waals surface area contributed by atoms with Gasteiger partial charge in [-0.3, -0.25) is 9.69 Å². The molecular formula is C22H20ClN5O. The molecule has 0 saturated heterocycles. The van der Waals surface area contributed by atoms with Crippen LogP contribution in [0.3, 0.4) is 0 Å². The molecule has 7 heteroatoms. The maximum atomic E-state index is 13.5. The quantitative estimate of drug-likeness (QED) is 0.498. The Kier molecular flexibility index (Phi) is 4.17. The highest BCUT2D eigenvalue weighted by molar-refractivity contribution is 6.30.